The molecular formula is C7H11N3S. The van der Waals surface area contributed by atoms with Crippen LogP contribution < -0.4 is 11.1 Å². The van der Waals surface area contributed by atoms with Crippen molar-refractivity contribution >= 4 is 17.2 Å². The molecule has 3 nitrogen and oxygen atoms in total. The highest BCUT2D eigenvalue weighted by molar-refractivity contribution is 7.14. The van der Waals surface area contributed by atoms with E-state index in [1.165, 1.54) is 4.88 Å². The zero-order valence-electron chi connectivity index (χ0n) is 6.35. The Balaban J connectivity index is 2.73. The molecule has 1 heterocycles. The number of hydrogen-bond donors (Lipinski definition) is 3. The topological polar surface area (TPSA) is 61.9 Å². The predicted octanol–water partition coefficient (Wildman–Crippen LogP) is 0.752. The SMILES string of the molecule is CNCc1ccc(C(=N)N)s1. The van der Waals surface area contributed by atoms with E-state index in [1.54, 1.807) is 11.3 Å². The smallest absolute Gasteiger partial charge is 0.133 e. The lowest BCUT2D eigenvalue weighted by Gasteiger charge is -1.91. The van der Waals surface area contributed by atoms with E-state index in [2.05, 4.69) is 5.32 Å². The normalized spacial score (nSPS) is 9.91. The monoisotopic (exact) mass is 169 g/mol. The highest BCUT2D eigenvalue weighted by Crippen LogP contribution is 2.14. The molecular weight excluding hydrogens is 158 g/mol. The second-order valence-corrected chi connectivity index (χ2v) is 3.38. The Hall–Kier alpha value is -0.870. The van der Waals surface area contributed by atoms with E-state index in [0.717, 1.165) is 11.4 Å². The van der Waals surface area contributed by atoms with Crippen molar-refractivity contribution in [1.82, 2.24) is 5.32 Å². The third kappa shape index (κ3) is 2.03. The minimum Gasteiger partial charge on any atom is -0.383 e. The summed E-state index contributed by atoms with van der Waals surface area (Å²) in [5.41, 5.74) is 5.30. The van der Waals surface area contributed by atoms with Crippen molar-refractivity contribution in [2.24, 2.45) is 5.73 Å². The Labute approximate surface area is 69.7 Å². The minimum atomic E-state index is 0.150. The molecule has 0 spiro atoms. The molecule has 60 valence electrons. The van der Waals surface area contributed by atoms with Gasteiger partial charge in [0.15, 0.2) is 0 Å². The molecule has 0 aliphatic carbocycles. The van der Waals surface area contributed by atoms with Crippen LogP contribution in [0.5, 0.6) is 0 Å². The molecule has 0 bridgehead atoms. The molecule has 0 aliphatic rings. The summed E-state index contributed by atoms with van der Waals surface area (Å²) in [6.45, 7) is 0.845. The first-order chi connectivity index (χ1) is 5.24. The summed E-state index contributed by atoms with van der Waals surface area (Å²) >= 11 is 1.55. The van der Waals surface area contributed by atoms with Crippen molar-refractivity contribution in [3.05, 3.63) is 21.9 Å². The summed E-state index contributed by atoms with van der Waals surface area (Å²) in [5.74, 6) is 0.150. The van der Waals surface area contributed by atoms with Gasteiger partial charge >= 0.3 is 0 Å². The van der Waals surface area contributed by atoms with Crippen LogP contribution in [0.2, 0.25) is 0 Å². The zero-order chi connectivity index (χ0) is 8.27. The van der Waals surface area contributed by atoms with Crippen molar-refractivity contribution in [1.29, 1.82) is 5.41 Å². The summed E-state index contributed by atoms with van der Waals surface area (Å²) in [7, 11) is 1.90. The van der Waals surface area contributed by atoms with Gasteiger partial charge in [0.25, 0.3) is 0 Å². The third-order valence-corrected chi connectivity index (χ3v) is 2.40. The predicted molar refractivity (Wildman–Crippen MR) is 48.1 cm³/mol. The number of thiophene rings is 1. The molecule has 0 unspecified atom stereocenters. The van der Waals surface area contributed by atoms with Gasteiger partial charge in [-0.05, 0) is 19.2 Å². The van der Waals surface area contributed by atoms with Gasteiger partial charge in [-0.15, -0.1) is 11.3 Å². The van der Waals surface area contributed by atoms with E-state index in [-0.39, 0.29) is 5.84 Å². The maximum atomic E-state index is 7.15. The number of nitrogen functional groups attached to an aromatic ring is 1. The molecule has 0 radical (unpaired) electrons. The molecule has 1 aromatic rings. The molecule has 0 saturated carbocycles. The molecule has 0 aliphatic heterocycles. The summed E-state index contributed by atoms with van der Waals surface area (Å²) < 4.78 is 0. The standard InChI is InChI=1S/C7H11N3S/c1-10-4-5-2-3-6(11-5)7(8)9/h2-3,10H,4H2,1H3,(H3,8,9). The lowest BCUT2D eigenvalue weighted by molar-refractivity contribution is 0.831. The fourth-order valence-corrected chi connectivity index (χ4v) is 1.67. The van der Waals surface area contributed by atoms with Gasteiger partial charge in [-0.25, -0.2) is 0 Å². The number of hydrogen-bond acceptors (Lipinski definition) is 3. The van der Waals surface area contributed by atoms with E-state index < -0.39 is 0 Å². The van der Waals surface area contributed by atoms with Gasteiger partial charge in [0, 0.05) is 11.4 Å². The molecule has 1 aromatic heterocycles. The van der Waals surface area contributed by atoms with Gasteiger partial charge in [-0.2, -0.15) is 0 Å². The molecule has 11 heavy (non-hydrogen) atoms. The zero-order valence-corrected chi connectivity index (χ0v) is 7.16. The lowest BCUT2D eigenvalue weighted by atomic mass is 10.4. The maximum Gasteiger partial charge on any atom is 0.133 e. The van der Waals surface area contributed by atoms with Gasteiger partial charge < -0.3 is 11.1 Å². The molecule has 0 saturated heterocycles. The van der Waals surface area contributed by atoms with Gasteiger partial charge in [0.05, 0.1) is 4.88 Å². The fraction of sp³-hybridized carbons (Fsp3) is 0.286. The Morgan fingerprint density at radius 1 is 1.73 bits per heavy atom. The molecule has 1 rings (SSSR count). The number of nitrogens with two attached hydrogens (primary N) is 1. The van der Waals surface area contributed by atoms with Gasteiger partial charge in [0.2, 0.25) is 0 Å². The maximum absolute atomic E-state index is 7.15. The summed E-state index contributed by atoms with van der Waals surface area (Å²) in [6.07, 6.45) is 0. The Bertz CT molecular complexity index is 254. The first-order valence-electron chi connectivity index (χ1n) is 3.31. The van der Waals surface area contributed by atoms with E-state index in [0.29, 0.717) is 0 Å². The van der Waals surface area contributed by atoms with Crippen LogP contribution in [0.25, 0.3) is 0 Å². The highest BCUT2D eigenvalue weighted by atomic mass is 32.1. The van der Waals surface area contributed by atoms with Crippen LogP contribution in [-0.4, -0.2) is 12.9 Å². The van der Waals surface area contributed by atoms with Crippen LogP contribution in [-0.2, 0) is 6.54 Å². The summed E-state index contributed by atoms with van der Waals surface area (Å²) in [4.78, 5) is 2.05. The average Bonchev–Trinajstić information content (AvgIpc) is 2.37. The molecule has 4 heteroatoms. The van der Waals surface area contributed by atoms with Crippen LogP contribution in [0.1, 0.15) is 9.75 Å². The number of rotatable bonds is 3. The van der Waals surface area contributed by atoms with E-state index >= 15 is 0 Å². The molecule has 4 N–H and O–H groups in total. The van der Waals surface area contributed by atoms with Crippen molar-refractivity contribution in [3.63, 3.8) is 0 Å². The molecule has 0 amide bonds. The van der Waals surface area contributed by atoms with Gasteiger partial charge in [0.1, 0.15) is 5.84 Å². The van der Waals surface area contributed by atoms with Crippen LogP contribution in [0.3, 0.4) is 0 Å². The van der Waals surface area contributed by atoms with E-state index in [1.807, 2.05) is 19.2 Å². The molecule has 0 fully saturated rings. The summed E-state index contributed by atoms with van der Waals surface area (Å²) in [6, 6.07) is 3.86. The van der Waals surface area contributed by atoms with Crippen molar-refractivity contribution in [2.45, 2.75) is 6.54 Å². The minimum absolute atomic E-state index is 0.150. The van der Waals surface area contributed by atoms with Crippen molar-refractivity contribution in [2.75, 3.05) is 7.05 Å². The van der Waals surface area contributed by atoms with Crippen LogP contribution in [0.15, 0.2) is 12.1 Å². The molecule has 0 atom stereocenters. The Morgan fingerprint density at radius 2 is 2.45 bits per heavy atom. The average molecular weight is 169 g/mol. The summed E-state index contributed by atoms with van der Waals surface area (Å²) in [5, 5.41) is 10.2. The van der Waals surface area contributed by atoms with Crippen LogP contribution in [0.4, 0.5) is 0 Å². The lowest BCUT2D eigenvalue weighted by Crippen LogP contribution is -2.08. The number of amidine groups is 1. The van der Waals surface area contributed by atoms with Crippen molar-refractivity contribution < 1.29 is 0 Å². The van der Waals surface area contributed by atoms with Crippen LogP contribution >= 0.6 is 11.3 Å². The molecule has 0 aromatic carbocycles. The third-order valence-electron chi connectivity index (χ3n) is 1.28. The first kappa shape index (κ1) is 8.23. The quantitative estimate of drug-likeness (QED) is 0.462. The number of nitrogens with one attached hydrogen (secondary N) is 2. The van der Waals surface area contributed by atoms with Crippen molar-refractivity contribution in [3.8, 4) is 0 Å². The first-order valence-corrected chi connectivity index (χ1v) is 4.13. The van der Waals surface area contributed by atoms with Gasteiger partial charge in [-0.3, -0.25) is 5.41 Å². The fourth-order valence-electron chi connectivity index (χ4n) is 0.792. The Kier molecular flexibility index (Phi) is 2.62. The van der Waals surface area contributed by atoms with E-state index in [9.17, 15) is 0 Å². The Morgan fingerprint density at radius 3 is 2.91 bits per heavy atom. The van der Waals surface area contributed by atoms with Crippen LogP contribution in [0, 0.1) is 5.41 Å². The highest BCUT2D eigenvalue weighted by Gasteiger charge is 2.00. The van der Waals surface area contributed by atoms with E-state index in [4.69, 9.17) is 11.1 Å². The largest absolute Gasteiger partial charge is 0.383 e. The second-order valence-electron chi connectivity index (χ2n) is 2.21. The second kappa shape index (κ2) is 3.50. The van der Waals surface area contributed by atoms with Gasteiger partial charge in [-0.1, -0.05) is 0 Å².